The van der Waals surface area contributed by atoms with Gasteiger partial charge in [0.25, 0.3) is 5.56 Å². The monoisotopic (exact) mass is 279 g/mol. The van der Waals surface area contributed by atoms with Crippen molar-refractivity contribution in [3.05, 3.63) is 20.8 Å². The van der Waals surface area contributed by atoms with Gasteiger partial charge in [-0.3, -0.25) is 13.9 Å². The maximum atomic E-state index is 12.4. The quantitative estimate of drug-likeness (QED) is 0.802. The molecule has 7 nitrogen and oxygen atoms in total. The normalized spacial score (nSPS) is 11.6. The Balaban J connectivity index is 2.97. The summed E-state index contributed by atoms with van der Waals surface area (Å²) < 4.78 is 4.43. The van der Waals surface area contributed by atoms with Crippen LogP contribution in [0.3, 0.4) is 0 Å². The SMILES string of the molecule is CC(C)Cn1c(N(C)C)nc2c1c(=O)n(C)c(=O)n2C. The maximum absolute atomic E-state index is 12.4. The molecule has 0 bridgehead atoms. The summed E-state index contributed by atoms with van der Waals surface area (Å²) in [6, 6.07) is 0. The average Bonchev–Trinajstić information content (AvgIpc) is 2.72. The van der Waals surface area contributed by atoms with Gasteiger partial charge in [-0.15, -0.1) is 0 Å². The lowest BCUT2D eigenvalue weighted by Gasteiger charge is -2.16. The number of nitrogens with zero attached hydrogens (tertiary/aromatic N) is 5. The molecule has 2 rings (SSSR count). The van der Waals surface area contributed by atoms with Crippen molar-refractivity contribution in [2.45, 2.75) is 20.4 Å². The second kappa shape index (κ2) is 4.81. The molecule has 2 aromatic rings. The van der Waals surface area contributed by atoms with Gasteiger partial charge in [0.15, 0.2) is 11.2 Å². The smallest absolute Gasteiger partial charge is 0.332 e. The van der Waals surface area contributed by atoms with Crippen LogP contribution in [0.1, 0.15) is 13.8 Å². The molecule has 2 aromatic heterocycles. The largest absolute Gasteiger partial charge is 0.348 e. The summed E-state index contributed by atoms with van der Waals surface area (Å²) in [4.78, 5) is 30.7. The zero-order valence-corrected chi connectivity index (χ0v) is 12.8. The molecular formula is C13H21N5O2. The van der Waals surface area contributed by atoms with Crippen LogP contribution in [-0.2, 0) is 20.6 Å². The number of hydrogen-bond donors (Lipinski definition) is 0. The first kappa shape index (κ1) is 14.4. The van der Waals surface area contributed by atoms with E-state index in [9.17, 15) is 9.59 Å². The Morgan fingerprint density at radius 3 is 2.25 bits per heavy atom. The number of fused-ring (bicyclic) bond motifs is 1. The van der Waals surface area contributed by atoms with Crippen molar-refractivity contribution in [1.29, 1.82) is 0 Å². The minimum Gasteiger partial charge on any atom is -0.348 e. The lowest BCUT2D eigenvalue weighted by molar-refractivity contribution is 0.530. The van der Waals surface area contributed by atoms with Crippen LogP contribution in [0.15, 0.2) is 9.59 Å². The molecule has 110 valence electrons. The molecule has 0 radical (unpaired) electrons. The minimum absolute atomic E-state index is 0.302. The van der Waals surface area contributed by atoms with E-state index in [0.717, 1.165) is 4.57 Å². The minimum atomic E-state index is -0.359. The van der Waals surface area contributed by atoms with Crippen molar-refractivity contribution in [2.24, 2.45) is 20.0 Å². The van der Waals surface area contributed by atoms with Gasteiger partial charge in [-0.25, -0.2) is 4.79 Å². The topological polar surface area (TPSA) is 65.1 Å². The fraction of sp³-hybridized carbons (Fsp3) is 0.615. The molecule has 0 N–H and O–H groups in total. The first-order valence-electron chi connectivity index (χ1n) is 6.59. The van der Waals surface area contributed by atoms with Gasteiger partial charge in [-0.05, 0) is 5.92 Å². The van der Waals surface area contributed by atoms with Crippen LogP contribution in [0.25, 0.3) is 11.2 Å². The Morgan fingerprint density at radius 1 is 1.15 bits per heavy atom. The zero-order chi connectivity index (χ0) is 15.2. The van der Waals surface area contributed by atoms with Gasteiger partial charge >= 0.3 is 5.69 Å². The number of rotatable bonds is 3. The van der Waals surface area contributed by atoms with E-state index in [4.69, 9.17) is 0 Å². The van der Waals surface area contributed by atoms with E-state index < -0.39 is 0 Å². The number of anilines is 1. The molecule has 0 aliphatic heterocycles. The predicted molar refractivity (Wildman–Crippen MR) is 79.4 cm³/mol. The van der Waals surface area contributed by atoms with E-state index >= 15 is 0 Å². The fourth-order valence-corrected chi connectivity index (χ4v) is 2.31. The van der Waals surface area contributed by atoms with Crippen molar-refractivity contribution in [3.8, 4) is 0 Å². The van der Waals surface area contributed by atoms with Gasteiger partial charge < -0.3 is 9.47 Å². The molecule has 0 spiro atoms. The molecule has 0 aliphatic rings. The van der Waals surface area contributed by atoms with Crippen LogP contribution in [0.5, 0.6) is 0 Å². The van der Waals surface area contributed by atoms with Crippen LogP contribution in [0.4, 0.5) is 5.95 Å². The Morgan fingerprint density at radius 2 is 1.75 bits per heavy atom. The second-order valence-electron chi connectivity index (χ2n) is 5.69. The molecule has 0 aromatic carbocycles. The molecule has 0 atom stereocenters. The molecular weight excluding hydrogens is 258 g/mol. The molecule has 7 heteroatoms. The van der Waals surface area contributed by atoms with Crippen molar-refractivity contribution in [3.63, 3.8) is 0 Å². The highest BCUT2D eigenvalue weighted by molar-refractivity contribution is 5.74. The maximum Gasteiger partial charge on any atom is 0.332 e. The number of hydrogen-bond acceptors (Lipinski definition) is 4. The summed E-state index contributed by atoms with van der Waals surface area (Å²) in [6.45, 7) is 4.84. The molecule has 0 saturated carbocycles. The van der Waals surface area contributed by atoms with Crippen LogP contribution in [0, 0.1) is 5.92 Å². The second-order valence-corrected chi connectivity index (χ2v) is 5.69. The Labute approximate surface area is 117 Å². The van der Waals surface area contributed by atoms with E-state index in [1.165, 1.54) is 11.6 Å². The molecule has 0 unspecified atom stereocenters. The summed E-state index contributed by atoms with van der Waals surface area (Å²) in [5.41, 5.74) is 0.251. The zero-order valence-electron chi connectivity index (χ0n) is 12.8. The van der Waals surface area contributed by atoms with Crippen molar-refractivity contribution < 1.29 is 0 Å². The Kier molecular flexibility index (Phi) is 3.45. The van der Waals surface area contributed by atoms with Crippen LogP contribution < -0.4 is 16.1 Å². The highest BCUT2D eigenvalue weighted by Crippen LogP contribution is 2.19. The summed E-state index contributed by atoms with van der Waals surface area (Å²) in [6.07, 6.45) is 0. The average molecular weight is 279 g/mol. The number of aryl methyl sites for hydroxylation is 1. The van der Waals surface area contributed by atoms with Crippen molar-refractivity contribution >= 4 is 17.1 Å². The Hall–Kier alpha value is -2.05. The third kappa shape index (κ3) is 2.03. The summed E-state index contributed by atoms with van der Waals surface area (Å²) in [5.74, 6) is 1.06. The lowest BCUT2D eigenvalue weighted by atomic mass is 10.2. The molecule has 2 heterocycles. The molecule has 0 fully saturated rings. The van der Waals surface area contributed by atoms with Crippen LogP contribution in [0.2, 0.25) is 0 Å². The standard InChI is InChI=1S/C13H21N5O2/c1-8(2)7-18-9-10(14-12(18)15(3)4)16(5)13(20)17(6)11(9)19/h8H,7H2,1-6H3. The molecule has 0 saturated heterocycles. The molecule has 0 amide bonds. The first-order valence-corrected chi connectivity index (χ1v) is 6.59. The van der Waals surface area contributed by atoms with E-state index in [2.05, 4.69) is 18.8 Å². The van der Waals surface area contributed by atoms with E-state index in [-0.39, 0.29) is 11.2 Å². The van der Waals surface area contributed by atoms with Crippen LogP contribution in [-0.4, -0.2) is 32.8 Å². The van der Waals surface area contributed by atoms with Gasteiger partial charge in [0, 0.05) is 34.7 Å². The van der Waals surface area contributed by atoms with Gasteiger partial charge in [0.1, 0.15) is 0 Å². The van der Waals surface area contributed by atoms with Gasteiger partial charge in [0.2, 0.25) is 5.95 Å². The van der Waals surface area contributed by atoms with Crippen molar-refractivity contribution in [1.82, 2.24) is 18.7 Å². The third-order valence-electron chi connectivity index (χ3n) is 3.28. The van der Waals surface area contributed by atoms with Gasteiger partial charge in [-0.2, -0.15) is 4.98 Å². The highest BCUT2D eigenvalue weighted by Gasteiger charge is 2.20. The number of aromatic nitrogens is 4. The van der Waals surface area contributed by atoms with Gasteiger partial charge in [0.05, 0.1) is 0 Å². The number of imidazole rings is 1. The first-order chi connectivity index (χ1) is 9.25. The van der Waals surface area contributed by atoms with Gasteiger partial charge in [-0.1, -0.05) is 13.8 Å². The Bertz CT molecular complexity index is 764. The summed E-state index contributed by atoms with van der Waals surface area (Å²) in [7, 11) is 6.88. The summed E-state index contributed by atoms with van der Waals surface area (Å²) >= 11 is 0. The van der Waals surface area contributed by atoms with E-state index in [1.807, 2.05) is 23.6 Å². The lowest BCUT2D eigenvalue weighted by Crippen LogP contribution is -2.37. The van der Waals surface area contributed by atoms with E-state index in [1.54, 1.807) is 7.05 Å². The third-order valence-corrected chi connectivity index (χ3v) is 3.28. The predicted octanol–water partition coefficient (Wildman–Crippen LogP) is 0.156. The highest BCUT2D eigenvalue weighted by atomic mass is 16.2. The summed E-state index contributed by atoms with van der Waals surface area (Å²) in [5, 5.41) is 0. The van der Waals surface area contributed by atoms with Crippen molar-refractivity contribution in [2.75, 3.05) is 19.0 Å². The molecule has 0 aliphatic carbocycles. The molecule has 20 heavy (non-hydrogen) atoms. The fourth-order valence-electron chi connectivity index (χ4n) is 2.31. The van der Waals surface area contributed by atoms with E-state index in [0.29, 0.717) is 29.6 Å². The van der Waals surface area contributed by atoms with Crippen LogP contribution >= 0.6 is 0 Å².